The van der Waals surface area contributed by atoms with Gasteiger partial charge in [0.2, 0.25) is 0 Å². The van der Waals surface area contributed by atoms with Gasteiger partial charge in [-0.15, -0.1) is 0 Å². The SMILES string of the molecule is COc1ccc(C(=O)/C=C(/Nc2ccccc2I)c2ccccc2)cc1. The summed E-state index contributed by atoms with van der Waals surface area (Å²) in [7, 11) is 1.61. The summed E-state index contributed by atoms with van der Waals surface area (Å²) in [4.78, 5) is 12.7. The maximum Gasteiger partial charge on any atom is 0.187 e. The second-order valence-corrected chi connectivity index (χ2v) is 6.78. The van der Waals surface area contributed by atoms with Crippen LogP contribution in [0.15, 0.2) is 84.9 Å². The highest BCUT2D eigenvalue weighted by Gasteiger charge is 2.09. The van der Waals surface area contributed by atoms with E-state index in [1.54, 1.807) is 37.5 Å². The van der Waals surface area contributed by atoms with Gasteiger partial charge in [0.25, 0.3) is 0 Å². The molecule has 0 aromatic heterocycles. The first kappa shape index (κ1) is 18.2. The van der Waals surface area contributed by atoms with E-state index < -0.39 is 0 Å². The third-order valence-corrected chi connectivity index (χ3v) is 4.82. The van der Waals surface area contributed by atoms with Gasteiger partial charge in [-0.3, -0.25) is 4.79 Å². The van der Waals surface area contributed by atoms with Crippen LogP contribution in [0, 0.1) is 3.57 Å². The Hall–Kier alpha value is -2.60. The second kappa shape index (κ2) is 8.67. The molecule has 0 saturated heterocycles. The summed E-state index contributed by atoms with van der Waals surface area (Å²) in [5, 5.41) is 3.39. The number of hydrogen-bond donors (Lipinski definition) is 1. The van der Waals surface area contributed by atoms with Crippen molar-refractivity contribution in [3.63, 3.8) is 0 Å². The van der Waals surface area contributed by atoms with Crippen LogP contribution in [0.5, 0.6) is 5.75 Å². The van der Waals surface area contributed by atoms with Gasteiger partial charge in [-0.05, 0) is 64.6 Å². The van der Waals surface area contributed by atoms with Gasteiger partial charge < -0.3 is 10.1 Å². The number of nitrogens with one attached hydrogen (secondary N) is 1. The molecule has 4 heteroatoms. The molecule has 0 fully saturated rings. The highest BCUT2D eigenvalue weighted by atomic mass is 127. The molecule has 0 aliphatic rings. The average molecular weight is 455 g/mol. The number of ketones is 1. The van der Waals surface area contributed by atoms with E-state index in [9.17, 15) is 4.79 Å². The number of anilines is 1. The Bertz CT molecular complexity index is 918. The molecular weight excluding hydrogens is 437 g/mol. The van der Waals surface area contributed by atoms with Crippen LogP contribution >= 0.6 is 22.6 Å². The smallest absolute Gasteiger partial charge is 0.187 e. The third-order valence-electron chi connectivity index (χ3n) is 3.88. The third kappa shape index (κ3) is 4.52. The Labute approximate surface area is 166 Å². The Morgan fingerprint density at radius 3 is 2.19 bits per heavy atom. The number of carbonyl (C=O) groups is 1. The molecular formula is C22H18INO2. The second-order valence-electron chi connectivity index (χ2n) is 5.62. The Kier molecular flexibility index (Phi) is 6.07. The van der Waals surface area contributed by atoms with E-state index in [-0.39, 0.29) is 5.78 Å². The standard InChI is InChI=1S/C22H18INO2/c1-26-18-13-11-17(12-14-18)22(25)15-21(16-7-3-2-4-8-16)24-20-10-6-5-9-19(20)23/h2-15,24H,1H3/b21-15+. The van der Waals surface area contributed by atoms with Gasteiger partial charge in [-0.2, -0.15) is 0 Å². The summed E-state index contributed by atoms with van der Waals surface area (Å²) in [6.45, 7) is 0. The van der Waals surface area contributed by atoms with Crippen LogP contribution in [0.2, 0.25) is 0 Å². The van der Waals surface area contributed by atoms with Crippen molar-refractivity contribution in [2.75, 3.05) is 12.4 Å². The number of methoxy groups -OCH3 is 1. The monoisotopic (exact) mass is 455 g/mol. The van der Waals surface area contributed by atoms with E-state index in [1.807, 2.05) is 54.6 Å². The summed E-state index contributed by atoms with van der Waals surface area (Å²) in [6.07, 6.45) is 1.64. The first-order chi connectivity index (χ1) is 12.7. The molecule has 3 nitrogen and oxygen atoms in total. The quantitative estimate of drug-likeness (QED) is 0.297. The first-order valence-electron chi connectivity index (χ1n) is 8.14. The predicted octanol–water partition coefficient (Wildman–Crippen LogP) is 5.64. The zero-order valence-corrected chi connectivity index (χ0v) is 16.4. The number of rotatable bonds is 6. The molecule has 3 aromatic carbocycles. The van der Waals surface area contributed by atoms with Crippen LogP contribution in [0.3, 0.4) is 0 Å². The summed E-state index contributed by atoms with van der Waals surface area (Å²) in [6, 6.07) is 24.9. The lowest BCUT2D eigenvalue weighted by Crippen LogP contribution is -2.04. The molecule has 0 amide bonds. The molecule has 0 aliphatic carbocycles. The van der Waals surface area contributed by atoms with Gasteiger partial charge in [0.1, 0.15) is 5.75 Å². The minimum absolute atomic E-state index is 0.0649. The molecule has 0 spiro atoms. The molecule has 3 rings (SSSR count). The number of allylic oxidation sites excluding steroid dienone is 1. The predicted molar refractivity (Wildman–Crippen MR) is 115 cm³/mol. The molecule has 130 valence electrons. The van der Waals surface area contributed by atoms with Gasteiger partial charge in [0.15, 0.2) is 5.78 Å². The maximum atomic E-state index is 12.7. The number of para-hydroxylation sites is 1. The normalized spacial score (nSPS) is 11.1. The van der Waals surface area contributed by atoms with Crippen molar-refractivity contribution in [3.05, 3.63) is 99.6 Å². The Morgan fingerprint density at radius 2 is 1.54 bits per heavy atom. The van der Waals surface area contributed by atoms with Crippen molar-refractivity contribution >= 4 is 39.8 Å². The minimum Gasteiger partial charge on any atom is -0.497 e. The number of benzene rings is 3. The molecule has 3 aromatic rings. The molecule has 0 bridgehead atoms. The lowest BCUT2D eigenvalue weighted by Gasteiger charge is -2.13. The molecule has 1 N–H and O–H groups in total. The molecule has 0 saturated carbocycles. The van der Waals surface area contributed by atoms with E-state index >= 15 is 0 Å². The lowest BCUT2D eigenvalue weighted by atomic mass is 10.1. The Balaban J connectivity index is 1.95. The van der Waals surface area contributed by atoms with Crippen molar-refractivity contribution in [2.24, 2.45) is 0 Å². The average Bonchev–Trinajstić information content (AvgIpc) is 2.69. The first-order valence-corrected chi connectivity index (χ1v) is 9.22. The lowest BCUT2D eigenvalue weighted by molar-refractivity contribution is 0.104. The van der Waals surface area contributed by atoms with E-state index in [0.717, 1.165) is 26.3 Å². The molecule has 0 radical (unpaired) electrons. The van der Waals surface area contributed by atoms with Crippen molar-refractivity contribution in [2.45, 2.75) is 0 Å². The van der Waals surface area contributed by atoms with Crippen LogP contribution in [0.4, 0.5) is 5.69 Å². The maximum absolute atomic E-state index is 12.7. The number of carbonyl (C=O) groups excluding carboxylic acids is 1. The number of ether oxygens (including phenoxy) is 1. The molecule has 26 heavy (non-hydrogen) atoms. The molecule has 0 atom stereocenters. The van der Waals surface area contributed by atoms with E-state index in [2.05, 4.69) is 27.9 Å². The molecule has 0 aliphatic heterocycles. The zero-order chi connectivity index (χ0) is 18.4. The summed E-state index contributed by atoms with van der Waals surface area (Å²) in [5.41, 5.74) is 3.29. The van der Waals surface area contributed by atoms with Crippen LogP contribution in [-0.2, 0) is 0 Å². The van der Waals surface area contributed by atoms with E-state index in [4.69, 9.17) is 4.74 Å². The topological polar surface area (TPSA) is 38.3 Å². The fourth-order valence-corrected chi connectivity index (χ4v) is 3.01. The van der Waals surface area contributed by atoms with E-state index in [0.29, 0.717) is 5.56 Å². The highest BCUT2D eigenvalue weighted by Crippen LogP contribution is 2.24. The van der Waals surface area contributed by atoms with E-state index in [1.165, 1.54) is 0 Å². The van der Waals surface area contributed by atoms with Crippen molar-refractivity contribution in [3.8, 4) is 5.75 Å². The van der Waals surface area contributed by atoms with Gasteiger partial charge >= 0.3 is 0 Å². The van der Waals surface area contributed by atoms with Crippen molar-refractivity contribution < 1.29 is 9.53 Å². The Morgan fingerprint density at radius 1 is 0.885 bits per heavy atom. The van der Waals surface area contributed by atoms with Crippen LogP contribution < -0.4 is 10.1 Å². The zero-order valence-electron chi connectivity index (χ0n) is 14.3. The fourth-order valence-electron chi connectivity index (χ4n) is 2.49. The van der Waals surface area contributed by atoms with Crippen LogP contribution in [0.1, 0.15) is 15.9 Å². The number of halogens is 1. The van der Waals surface area contributed by atoms with Crippen LogP contribution in [-0.4, -0.2) is 12.9 Å². The molecule has 0 unspecified atom stereocenters. The molecule has 0 heterocycles. The largest absolute Gasteiger partial charge is 0.497 e. The van der Waals surface area contributed by atoms with Crippen LogP contribution in [0.25, 0.3) is 5.70 Å². The van der Waals surface area contributed by atoms with Crippen molar-refractivity contribution in [1.82, 2.24) is 0 Å². The minimum atomic E-state index is -0.0649. The summed E-state index contributed by atoms with van der Waals surface area (Å²) >= 11 is 2.28. The van der Waals surface area contributed by atoms with Crippen molar-refractivity contribution in [1.29, 1.82) is 0 Å². The van der Waals surface area contributed by atoms with Gasteiger partial charge in [0.05, 0.1) is 12.8 Å². The summed E-state index contributed by atoms with van der Waals surface area (Å²) in [5.74, 6) is 0.663. The van der Waals surface area contributed by atoms with Gasteiger partial charge in [0, 0.05) is 20.9 Å². The van der Waals surface area contributed by atoms with Gasteiger partial charge in [-0.1, -0.05) is 42.5 Å². The highest BCUT2D eigenvalue weighted by molar-refractivity contribution is 14.1. The number of hydrogen-bond acceptors (Lipinski definition) is 3. The fraction of sp³-hybridized carbons (Fsp3) is 0.0455. The summed E-state index contributed by atoms with van der Waals surface area (Å²) < 4.78 is 6.24. The van der Waals surface area contributed by atoms with Gasteiger partial charge in [-0.25, -0.2) is 0 Å².